The van der Waals surface area contributed by atoms with E-state index in [-0.39, 0.29) is 34.7 Å². The number of pyridine rings is 1. The Kier molecular flexibility index (Phi) is 6.64. The number of nitrogens with one attached hydrogen (secondary N) is 1. The molecule has 0 radical (unpaired) electrons. The fourth-order valence-corrected chi connectivity index (χ4v) is 3.97. The van der Waals surface area contributed by atoms with E-state index in [1.165, 1.54) is 31.5 Å². The molecule has 11 heteroatoms. The van der Waals surface area contributed by atoms with Crippen molar-refractivity contribution >= 4 is 17.5 Å². The zero-order chi connectivity index (χ0) is 24.6. The van der Waals surface area contributed by atoms with E-state index in [0.29, 0.717) is 0 Å². The molecular weight excluding hydrogens is 446 g/mol. The van der Waals surface area contributed by atoms with Gasteiger partial charge in [-0.25, -0.2) is 4.39 Å². The Morgan fingerprint density at radius 1 is 1.33 bits per heavy atom. The third-order valence-electron chi connectivity index (χ3n) is 5.69. The molecule has 1 fully saturated rings. The zero-order valence-corrected chi connectivity index (χ0v) is 18.1. The van der Waals surface area contributed by atoms with Crippen molar-refractivity contribution in [3.05, 3.63) is 53.1 Å². The summed E-state index contributed by atoms with van der Waals surface area (Å²) in [5.41, 5.74) is 2.95. The van der Waals surface area contributed by atoms with Crippen molar-refractivity contribution < 1.29 is 36.6 Å². The molecule has 7 nitrogen and oxygen atoms in total. The summed E-state index contributed by atoms with van der Waals surface area (Å²) in [5, 5.41) is 2.45. The van der Waals surface area contributed by atoms with E-state index in [0.717, 1.165) is 13.0 Å². The van der Waals surface area contributed by atoms with Crippen molar-refractivity contribution in [3.63, 3.8) is 0 Å². The Balaban J connectivity index is 2.03. The van der Waals surface area contributed by atoms with Crippen LogP contribution in [-0.4, -0.2) is 41.8 Å². The van der Waals surface area contributed by atoms with Gasteiger partial charge in [0.2, 0.25) is 0 Å². The monoisotopic (exact) mass is 469 g/mol. The molecule has 0 bridgehead atoms. The maximum atomic E-state index is 14.3. The highest BCUT2D eigenvalue weighted by Crippen LogP contribution is 2.51. The van der Waals surface area contributed by atoms with Gasteiger partial charge in [0.05, 0.1) is 7.11 Å². The van der Waals surface area contributed by atoms with Gasteiger partial charge in [-0.1, -0.05) is 13.0 Å². The normalized spacial score (nSPS) is 22.8. The summed E-state index contributed by atoms with van der Waals surface area (Å²) < 4.78 is 66.4. The summed E-state index contributed by atoms with van der Waals surface area (Å²) in [6, 6.07) is 4.99. The number of carbonyl (C=O) groups excluding carboxylic acids is 2. The van der Waals surface area contributed by atoms with Crippen LogP contribution in [0.25, 0.3) is 0 Å². The fraction of sp³-hybridized carbons (Fsp3) is 0.409. The third-order valence-corrected chi connectivity index (χ3v) is 5.69. The van der Waals surface area contributed by atoms with E-state index >= 15 is 0 Å². The van der Waals surface area contributed by atoms with Gasteiger partial charge in [-0.05, 0) is 38.0 Å². The Labute approximate surface area is 187 Å². The minimum absolute atomic E-state index is 0.0789. The largest absolute Gasteiger partial charge is 0.496 e. The van der Waals surface area contributed by atoms with Crippen molar-refractivity contribution in [3.8, 4) is 5.75 Å². The smallest absolute Gasteiger partial charge is 0.417 e. The van der Waals surface area contributed by atoms with E-state index < -0.39 is 47.9 Å². The Morgan fingerprint density at radius 2 is 2.03 bits per heavy atom. The Hall–Kier alpha value is -3.21. The molecule has 178 valence electrons. The number of anilines is 1. The summed E-state index contributed by atoms with van der Waals surface area (Å²) in [4.78, 5) is 28.2. The van der Waals surface area contributed by atoms with Crippen LogP contribution in [0.5, 0.6) is 5.75 Å². The van der Waals surface area contributed by atoms with Crippen LogP contribution in [0.1, 0.15) is 47.8 Å². The van der Waals surface area contributed by atoms with E-state index in [1.54, 1.807) is 6.92 Å². The first-order valence-electron chi connectivity index (χ1n) is 10.1. The van der Waals surface area contributed by atoms with Crippen LogP contribution in [0.3, 0.4) is 0 Å². The molecule has 2 aromatic rings. The lowest BCUT2D eigenvalue weighted by Crippen LogP contribution is -2.43. The first-order chi connectivity index (χ1) is 15.4. The predicted molar refractivity (Wildman–Crippen MR) is 110 cm³/mol. The second-order valence-corrected chi connectivity index (χ2v) is 7.86. The van der Waals surface area contributed by atoms with Crippen LogP contribution < -0.4 is 15.8 Å². The number of primary amides is 1. The van der Waals surface area contributed by atoms with Crippen LogP contribution in [0.4, 0.5) is 23.2 Å². The number of alkyl halides is 3. The highest BCUT2D eigenvalue weighted by atomic mass is 19.4. The van der Waals surface area contributed by atoms with Crippen molar-refractivity contribution in [2.24, 2.45) is 5.73 Å². The summed E-state index contributed by atoms with van der Waals surface area (Å²) in [6.45, 7) is 2.54. The Bertz CT molecular complexity index is 1080. The highest BCUT2D eigenvalue weighted by molar-refractivity contribution is 5.97. The molecule has 1 saturated heterocycles. The number of hydrogen-bond acceptors (Lipinski definition) is 5. The molecular formula is C22H23F4N3O4. The quantitative estimate of drug-likeness (QED) is 0.628. The molecule has 33 heavy (non-hydrogen) atoms. The Morgan fingerprint density at radius 3 is 2.61 bits per heavy atom. The molecule has 1 aromatic heterocycles. The molecule has 3 atom stereocenters. The number of carbonyl (C=O) groups is 2. The summed E-state index contributed by atoms with van der Waals surface area (Å²) >= 11 is 0. The molecule has 1 aromatic carbocycles. The van der Waals surface area contributed by atoms with Gasteiger partial charge in [0.25, 0.3) is 11.8 Å². The number of nitrogens with zero attached hydrogens (tertiary/aromatic N) is 1. The topological polar surface area (TPSA) is 104 Å². The molecule has 0 spiro atoms. The van der Waals surface area contributed by atoms with Crippen molar-refractivity contribution in [2.45, 2.75) is 50.5 Å². The fourth-order valence-electron chi connectivity index (χ4n) is 3.97. The summed E-state index contributed by atoms with van der Waals surface area (Å²) in [7, 11) is 1.29. The van der Waals surface area contributed by atoms with Gasteiger partial charge in [-0.3, -0.25) is 14.6 Å². The van der Waals surface area contributed by atoms with Gasteiger partial charge in [0.1, 0.15) is 23.4 Å². The average Bonchev–Trinajstić information content (AvgIpc) is 3.12. The van der Waals surface area contributed by atoms with Gasteiger partial charge >= 0.3 is 6.18 Å². The number of halogens is 4. The number of hydrogen-bond donors (Lipinski definition) is 2. The van der Waals surface area contributed by atoms with Crippen LogP contribution in [-0.2, 0) is 16.0 Å². The standard InChI is InChI=1S/C22H23F4N3O4/c1-4-12-15(23)6-5-13(17(12)32-3)14-10-21(2,22(24,25)26)33-18(14)20(31)29-11-7-8-28-16(9-11)19(27)30/h5-9,14,18H,4,10H2,1-3H3,(H2,27,30)(H,28,29,31)/t14-,18-,21+/m0/s1. The third kappa shape index (κ3) is 4.63. The van der Waals surface area contributed by atoms with E-state index in [2.05, 4.69) is 10.3 Å². The highest BCUT2D eigenvalue weighted by Gasteiger charge is 2.61. The second-order valence-electron chi connectivity index (χ2n) is 7.86. The minimum Gasteiger partial charge on any atom is -0.496 e. The minimum atomic E-state index is -4.77. The van der Waals surface area contributed by atoms with Gasteiger partial charge in [0.15, 0.2) is 5.60 Å². The molecule has 3 N–H and O–H groups in total. The molecule has 2 heterocycles. The first-order valence-corrected chi connectivity index (χ1v) is 10.1. The van der Waals surface area contributed by atoms with Gasteiger partial charge in [-0.2, -0.15) is 13.2 Å². The second kappa shape index (κ2) is 8.97. The van der Waals surface area contributed by atoms with Crippen LogP contribution in [0, 0.1) is 5.82 Å². The number of aromatic nitrogens is 1. The number of nitrogens with two attached hydrogens (primary N) is 1. The van der Waals surface area contributed by atoms with E-state index in [4.69, 9.17) is 15.2 Å². The number of benzene rings is 1. The summed E-state index contributed by atoms with van der Waals surface area (Å²) in [6.07, 6.45) is -5.47. The van der Waals surface area contributed by atoms with Crippen LogP contribution in [0.15, 0.2) is 30.5 Å². The lowest BCUT2D eigenvalue weighted by molar-refractivity contribution is -0.261. The van der Waals surface area contributed by atoms with Crippen LogP contribution in [0.2, 0.25) is 0 Å². The number of methoxy groups -OCH3 is 1. The number of ether oxygens (including phenoxy) is 2. The molecule has 1 aliphatic rings. The lowest BCUT2D eigenvalue weighted by Gasteiger charge is -2.27. The molecule has 0 unspecified atom stereocenters. The maximum Gasteiger partial charge on any atom is 0.417 e. The van der Waals surface area contributed by atoms with Crippen molar-refractivity contribution in [2.75, 3.05) is 12.4 Å². The zero-order valence-electron chi connectivity index (χ0n) is 18.1. The SMILES string of the molecule is CCc1c(F)ccc([C@@H]2C[C@](C)(C(F)(F)F)O[C@@H]2C(=O)Nc2ccnc(C(N)=O)c2)c1OC. The lowest BCUT2D eigenvalue weighted by atomic mass is 9.84. The van der Waals surface area contributed by atoms with Crippen molar-refractivity contribution in [1.82, 2.24) is 4.98 Å². The van der Waals surface area contributed by atoms with Crippen molar-refractivity contribution in [1.29, 1.82) is 0 Å². The summed E-state index contributed by atoms with van der Waals surface area (Å²) in [5.74, 6) is -3.29. The first kappa shape index (κ1) is 24.4. The molecule has 2 amide bonds. The molecule has 0 saturated carbocycles. The number of rotatable bonds is 6. The number of amides is 2. The van der Waals surface area contributed by atoms with E-state index in [1.807, 2.05) is 0 Å². The van der Waals surface area contributed by atoms with Crippen LogP contribution >= 0.6 is 0 Å². The van der Waals surface area contributed by atoms with E-state index in [9.17, 15) is 27.2 Å². The van der Waals surface area contributed by atoms with Gasteiger partial charge < -0.3 is 20.5 Å². The molecule has 3 rings (SSSR count). The molecule has 0 aliphatic carbocycles. The van der Waals surface area contributed by atoms with Gasteiger partial charge in [-0.15, -0.1) is 0 Å². The van der Waals surface area contributed by atoms with Gasteiger partial charge in [0, 0.05) is 28.9 Å². The molecule has 1 aliphatic heterocycles. The predicted octanol–water partition coefficient (Wildman–Crippen LogP) is 3.72. The maximum absolute atomic E-state index is 14.3. The average molecular weight is 469 g/mol.